The molecule has 0 N–H and O–H groups in total. The van der Waals surface area contributed by atoms with Gasteiger partial charge in [0.15, 0.2) is 0 Å². The van der Waals surface area contributed by atoms with Crippen molar-refractivity contribution < 1.29 is 20.1 Å². The van der Waals surface area contributed by atoms with Crippen molar-refractivity contribution in [3.8, 4) is 61.7 Å². The van der Waals surface area contributed by atoms with Crippen molar-refractivity contribution in [3.63, 3.8) is 0 Å². The van der Waals surface area contributed by atoms with E-state index in [1.165, 1.54) is 32.5 Å². The van der Waals surface area contributed by atoms with Gasteiger partial charge >= 0.3 is 0 Å². The minimum atomic E-state index is 0. The molecule has 10 rings (SSSR count). The number of hydrogen-bond acceptors (Lipinski definition) is 4. The van der Waals surface area contributed by atoms with Crippen molar-refractivity contribution >= 4 is 32.5 Å². The quantitative estimate of drug-likeness (QED) is 0.156. The van der Waals surface area contributed by atoms with Crippen molar-refractivity contribution in [2.24, 2.45) is 0 Å². The molecule has 0 aliphatic rings. The molecule has 4 nitrogen and oxygen atoms in total. The smallest absolute Gasteiger partial charge is 0.0774 e. The van der Waals surface area contributed by atoms with Crippen molar-refractivity contribution in [1.82, 2.24) is 19.5 Å². The molecule has 4 aromatic heterocycles. The molecule has 0 aliphatic heterocycles. The first kappa shape index (κ1) is 37.6. The fourth-order valence-corrected chi connectivity index (χ4v) is 8.06. The Hall–Kier alpha value is -6.30. The molecular formula is C51H36IrN4S-2. The first-order valence-electron chi connectivity index (χ1n) is 18.6. The Morgan fingerprint density at radius 2 is 1.26 bits per heavy atom. The molecule has 57 heavy (non-hydrogen) atoms. The van der Waals surface area contributed by atoms with E-state index in [9.17, 15) is 0 Å². The molecule has 0 atom stereocenters. The molecular weight excluding hydrogens is 893 g/mol. The van der Waals surface area contributed by atoms with E-state index in [4.69, 9.17) is 4.98 Å². The number of nitrogens with zero attached hydrogens (tertiary/aromatic N) is 4. The Labute approximate surface area is 350 Å². The van der Waals surface area contributed by atoms with Gasteiger partial charge in [-0.3, -0.25) is 21.3 Å². The number of fused-ring (bicyclic) bond motifs is 2. The summed E-state index contributed by atoms with van der Waals surface area (Å²) in [6, 6.07) is 62.1. The van der Waals surface area contributed by atoms with Crippen LogP contribution in [0.1, 0.15) is 11.3 Å². The van der Waals surface area contributed by atoms with Gasteiger partial charge in [-0.25, -0.2) is 0 Å². The first-order valence-corrected chi connectivity index (χ1v) is 19.4. The summed E-state index contributed by atoms with van der Waals surface area (Å²) in [5.41, 5.74) is 15.3. The van der Waals surface area contributed by atoms with Crippen molar-refractivity contribution in [2.75, 3.05) is 0 Å². The maximum Gasteiger partial charge on any atom is 0.0774 e. The zero-order valence-electron chi connectivity index (χ0n) is 31.4. The van der Waals surface area contributed by atoms with Crippen LogP contribution >= 0.6 is 11.3 Å². The molecule has 1 radical (unpaired) electrons. The van der Waals surface area contributed by atoms with E-state index in [1.54, 1.807) is 17.5 Å². The van der Waals surface area contributed by atoms with E-state index in [1.807, 2.05) is 55.6 Å². The van der Waals surface area contributed by atoms with Gasteiger partial charge in [0.2, 0.25) is 0 Å². The number of thiophene rings is 1. The third-order valence-corrected chi connectivity index (χ3v) is 10.7. The number of aryl methyl sites for hydroxylation is 2. The van der Waals surface area contributed by atoms with E-state index in [2.05, 4.69) is 160 Å². The first-order chi connectivity index (χ1) is 27.6. The number of imidazole rings is 1. The van der Waals surface area contributed by atoms with Crippen molar-refractivity contribution in [2.45, 2.75) is 13.8 Å². The molecule has 0 spiro atoms. The predicted molar refractivity (Wildman–Crippen MR) is 233 cm³/mol. The van der Waals surface area contributed by atoms with Crippen LogP contribution in [0.5, 0.6) is 0 Å². The fraction of sp³-hybridized carbons (Fsp3) is 0.0392. The molecule has 6 heteroatoms. The second-order valence-corrected chi connectivity index (χ2v) is 14.5. The molecule has 0 fully saturated rings. The second-order valence-electron chi connectivity index (χ2n) is 13.7. The maximum absolute atomic E-state index is 5.32. The van der Waals surface area contributed by atoms with Gasteiger partial charge in [0.05, 0.1) is 22.5 Å². The summed E-state index contributed by atoms with van der Waals surface area (Å²) in [6.45, 7) is 4.21. The van der Waals surface area contributed by atoms with E-state index in [0.29, 0.717) is 0 Å². The molecule has 6 aromatic carbocycles. The van der Waals surface area contributed by atoms with Crippen LogP contribution in [0, 0.1) is 25.3 Å². The average molecular weight is 929 g/mol. The Morgan fingerprint density at radius 1 is 0.579 bits per heavy atom. The SMILES string of the molecule is Cc1cc(-c2ccccc2)c(-n2c(-c3[c-]sc4ccc(-c5ccnc(C)c5)cc34)nc3ccccc32)c(-c2ccccc2)c1.[Ir].[c-]1ccccc1-c1ccccn1. The standard InChI is InChI=1S/C40H28N3S.C11H8N.Ir/c1-26-21-32(28-11-5-3-6-12-28)39(33(22-26)29-13-7-4-8-14-29)43-37-16-10-9-15-36(37)42-40(43)35-25-44-38-18-17-30(24-34(35)38)31-19-20-41-27(2)23-31;1-2-6-10(7-3-1)11-8-4-5-9-12-11;/h3-24H,1-2H3;1-6,8-9H;/q2*-1;. The third kappa shape index (κ3) is 7.76. The molecule has 4 heterocycles. The van der Waals surface area contributed by atoms with Crippen LogP contribution in [0.4, 0.5) is 0 Å². The van der Waals surface area contributed by atoms with Gasteiger partial charge in [-0.15, -0.1) is 41.3 Å². The minimum absolute atomic E-state index is 0. The van der Waals surface area contributed by atoms with Crippen molar-refractivity contribution in [1.29, 1.82) is 0 Å². The Bertz CT molecular complexity index is 2820. The summed E-state index contributed by atoms with van der Waals surface area (Å²) in [6.07, 6.45) is 3.67. The summed E-state index contributed by atoms with van der Waals surface area (Å²) in [5, 5.41) is 4.81. The minimum Gasteiger partial charge on any atom is -0.332 e. The summed E-state index contributed by atoms with van der Waals surface area (Å²) in [5.74, 6) is 0.888. The Kier molecular flexibility index (Phi) is 11.1. The van der Waals surface area contributed by atoms with E-state index in [0.717, 1.165) is 61.6 Å². The number of hydrogen-bond donors (Lipinski definition) is 0. The molecule has 0 unspecified atom stereocenters. The Morgan fingerprint density at radius 3 is 1.95 bits per heavy atom. The van der Waals surface area contributed by atoms with Crippen LogP contribution in [0.3, 0.4) is 0 Å². The number of rotatable bonds is 6. The maximum atomic E-state index is 5.32. The van der Waals surface area contributed by atoms with E-state index >= 15 is 0 Å². The summed E-state index contributed by atoms with van der Waals surface area (Å²) in [4.78, 5) is 13.9. The summed E-state index contributed by atoms with van der Waals surface area (Å²) in [7, 11) is 0. The third-order valence-electron chi connectivity index (χ3n) is 9.82. The number of benzene rings is 6. The van der Waals surface area contributed by atoms with Gasteiger partial charge in [0.1, 0.15) is 0 Å². The largest absolute Gasteiger partial charge is 0.332 e. The normalized spacial score (nSPS) is 10.8. The zero-order valence-corrected chi connectivity index (χ0v) is 34.6. The molecule has 0 saturated carbocycles. The van der Waals surface area contributed by atoms with Crippen LogP contribution in [0.25, 0.3) is 82.8 Å². The van der Waals surface area contributed by atoms with Crippen LogP contribution in [0.2, 0.25) is 0 Å². The van der Waals surface area contributed by atoms with Gasteiger partial charge in [-0.05, 0) is 89.8 Å². The summed E-state index contributed by atoms with van der Waals surface area (Å²) < 4.78 is 3.55. The molecule has 277 valence electrons. The van der Waals surface area contributed by atoms with Crippen LogP contribution in [-0.2, 0) is 20.1 Å². The average Bonchev–Trinajstić information content (AvgIpc) is 3.86. The fourth-order valence-electron chi connectivity index (χ4n) is 7.24. The van der Waals surface area contributed by atoms with Gasteiger partial charge in [0, 0.05) is 49.3 Å². The molecule has 10 aromatic rings. The number of para-hydroxylation sites is 2. The predicted octanol–water partition coefficient (Wildman–Crippen LogP) is 13.3. The number of pyridine rings is 2. The second kappa shape index (κ2) is 16.8. The molecule has 0 saturated heterocycles. The van der Waals surface area contributed by atoms with Gasteiger partial charge in [0.25, 0.3) is 0 Å². The van der Waals surface area contributed by atoms with E-state index < -0.39 is 0 Å². The molecule has 0 amide bonds. The van der Waals surface area contributed by atoms with Crippen molar-refractivity contribution in [3.05, 3.63) is 205 Å². The van der Waals surface area contributed by atoms with E-state index in [-0.39, 0.29) is 20.1 Å². The van der Waals surface area contributed by atoms with Crippen LogP contribution in [-0.4, -0.2) is 19.5 Å². The number of aromatic nitrogens is 4. The monoisotopic (exact) mass is 929 g/mol. The van der Waals surface area contributed by atoms with Gasteiger partial charge < -0.3 is 9.55 Å². The van der Waals surface area contributed by atoms with Crippen LogP contribution in [0.15, 0.2) is 182 Å². The topological polar surface area (TPSA) is 43.6 Å². The molecule has 0 bridgehead atoms. The zero-order chi connectivity index (χ0) is 37.8. The molecule has 0 aliphatic carbocycles. The summed E-state index contributed by atoms with van der Waals surface area (Å²) >= 11 is 1.64. The Balaban J connectivity index is 0.000000300. The van der Waals surface area contributed by atoms with Gasteiger partial charge in [-0.2, -0.15) is 0 Å². The van der Waals surface area contributed by atoms with Gasteiger partial charge in [-0.1, -0.05) is 119 Å². The van der Waals surface area contributed by atoms with Crippen LogP contribution < -0.4 is 0 Å².